The molecule has 4 nitrogen and oxygen atoms in total. The number of esters is 1. The lowest BCUT2D eigenvalue weighted by atomic mass is 10.2. The maximum absolute atomic E-state index is 11.6. The summed E-state index contributed by atoms with van der Waals surface area (Å²) in [4.78, 5) is 22.5. The molecule has 0 aromatic heterocycles. The Morgan fingerprint density at radius 2 is 1.81 bits per heavy atom. The lowest BCUT2D eigenvalue weighted by Gasteiger charge is -2.15. The van der Waals surface area contributed by atoms with Gasteiger partial charge in [-0.1, -0.05) is 35.9 Å². The highest BCUT2D eigenvalue weighted by atomic mass is 16.6. The van der Waals surface area contributed by atoms with Crippen molar-refractivity contribution in [2.24, 2.45) is 0 Å². The zero-order chi connectivity index (χ0) is 15.7. The molecule has 0 aliphatic rings. The second-order valence-electron chi connectivity index (χ2n) is 5.15. The molecular formula is C17H22O4. The Morgan fingerprint density at radius 3 is 2.38 bits per heavy atom. The zero-order valence-electron chi connectivity index (χ0n) is 12.8. The molecule has 0 heterocycles. The summed E-state index contributed by atoms with van der Waals surface area (Å²) in [6.45, 7) is 5.93. The van der Waals surface area contributed by atoms with Gasteiger partial charge in [-0.15, -0.1) is 0 Å². The fraction of sp³-hybridized carbons (Fsp3) is 0.412. The van der Waals surface area contributed by atoms with Gasteiger partial charge in [-0.25, -0.2) is 0 Å². The standard InChI is InChI=1S/C17H22O4/c1-13(2)9-16(21-17(19)10-14(3)18)12-20-11-15-7-5-4-6-8-15/h4-9,16H,10-12H2,1-3H3. The van der Waals surface area contributed by atoms with E-state index in [4.69, 9.17) is 9.47 Å². The van der Waals surface area contributed by atoms with E-state index < -0.39 is 12.1 Å². The molecular weight excluding hydrogens is 268 g/mol. The number of benzene rings is 1. The van der Waals surface area contributed by atoms with Gasteiger partial charge in [0.15, 0.2) is 0 Å². The zero-order valence-corrected chi connectivity index (χ0v) is 12.8. The Kier molecular flexibility index (Phi) is 7.40. The molecule has 0 saturated heterocycles. The minimum atomic E-state index is -0.520. The van der Waals surface area contributed by atoms with Gasteiger partial charge in [0.1, 0.15) is 18.3 Å². The highest BCUT2D eigenvalue weighted by molar-refractivity contribution is 5.94. The Labute approximate surface area is 125 Å². The Hall–Kier alpha value is -1.94. The van der Waals surface area contributed by atoms with Gasteiger partial charge in [-0.2, -0.15) is 0 Å². The summed E-state index contributed by atoms with van der Waals surface area (Å²) in [5, 5.41) is 0. The second kappa shape index (κ2) is 9.08. The van der Waals surface area contributed by atoms with Crippen molar-refractivity contribution in [1.82, 2.24) is 0 Å². The number of ketones is 1. The van der Waals surface area contributed by atoms with Gasteiger partial charge in [-0.3, -0.25) is 9.59 Å². The Bertz CT molecular complexity index is 487. The molecule has 0 saturated carbocycles. The van der Waals surface area contributed by atoms with E-state index in [1.165, 1.54) is 6.92 Å². The minimum absolute atomic E-state index is 0.203. The largest absolute Gasteiger partial charge is 0.455 e. The van der Waals surface area contributed by atoms with E-state index in [0.29, 0.717) is 6.61 Å². The van der Waals surface area contributed by atoms with Gasteiger partial charge in [0.2, 0.25) is 0 Å². The van der Waals surface area contributed by atoms with Crippen molar-refractivity contribution in [3.05, 3.63) is 47.5 Å². The van der Waals surface area contributed by atoms with E-state index in [9.17, 15) is 9.59 Å². The van der Waals surface area contributed by atoms with Crippen molar-refractivity contribution in [2.45, 2.75) is 39.9 Å². The third-order valence-electron chi connectivity index (χ3n) is 2.59. The molecule has 0 aliphatic carbocycles. The third kappa shape index (κ3) is 8.05. The number of carbonyl (C=O) groups is 2. The number of allylic oxidation sites excluding steroid dienone is 1. The van der Waals surface area contributed by atoms with Gasteiger partial charge in [0.05, 0.1) is 13.2 Å². The first-order valence-corrected chi connectivity index (χ1v) is 6.93. The maximum Gasteiger partial charge on any atom is 0.313 e. The van der Waals surface area contributed by atoms with Crippen LogP contribution in [0.4, 0.5) is 0 Å². The number of ether oxygens (including phenoxy) is 2. The summed E-state index contributed by atoms with van der Waals surface area (Å²) in [5.74, 6) is -0.727. The summed E-state index contributed by atoms with van der Waals surface area (Å²) in [5.41, 5.74) is 2.09. The van der Waals surface area contributed by atoms with Crippen LogP contribution in [-0.2, 0) is 25.7 Å². The molecule has 0 radical (unpaired) electrons. The van der Waals surface area contributed by atoms with Crippen molar-refractivity contribution < 1.29 is 19.1 Å². The van der Waals surface area contributed by atoms with Gasteiger partial charge in [0, 0.05) is 0 Å². The van der Waals surface area contributed by atoms with Crippen LogP contribution in [-0.4, -0.2) is 24.5 Å². The molecule has 4 heteroatoms. The van der Waals surface area contributed by atoms with Crippen LogP contribution in [0.5, 0.6) is 0 Å². The van der Waals surface area contributed by atoms with Crippen LogP contribution < -0.4 is 0 Å². The molecule has 1 rings (SSSR count). The molecule has 1 atom stereocenters. The maximum atomic E-state index is 11.6. The first-order chi connectivity index (χ1) is 9.97. The van der Waals surface area contributed by atoms with Crippen molar-refractivity contribution in [1.29, 1.82) is 0 Å². The molecule has 1 unspecified atom stereocenters. The van der Waals surface area contributed by atoms with E-state index >= 15 is 0 Å². The molecule has 0 N–H and O–H groups in total. The molecule has 114 valence electrons. The number of hydrogen-bond acceptors (Lipinski definition) is 4. The fourth-order valence-electron chi connectivity index (χ4n) is 1.77. The van der Waals surface area contributed by atoms with Crippen LogP contribution in [0.15, 0.2) is 42.0 Å². The topological polar surface area (TPSA) is 52.6 Å². The van der Waals surface area contributed by atoms with Crippen LogP contribution in [0.25, 0.3) is 0 Å². The van der Waals surface area contributed by atoms with Crippen LogP contribution >= 0.6 is 0 Å². The molecule has 0 fully saturated rings. The predicted octanol–water partition coefficient (Wildman–Crippen LogP) is 3.06. The molecule has 0 bridgehead atoms. The van der Waals surface area contributed by atoms with Crippen LogP contribution in [0.1, 0.15) is 32.8 Å². The van der Waals surface area contributed by atoms with Gasteiger partial charge in [0.25, 0.3) is 0 Å². The molecule has 1 aromatic carbocycles. The number of hydrogen-bond donors (Lipinski definition) is 0. The van der Waals surface area contributed by atoms with E-state index in [1.54, 1.807) is 0 Å². The van der Waals surface area contributed by atoms with E-state index in [1.807, 2.05) is 50.3 Å². The van der Waals surface area contributed by atoms with Gasteiger partial charge >= 0.3 is 5.97 Å². The Morgan fingerprint density at radius 1 is 1.14 bits per heavy atom. The van der Waals surface area contributed by atoms with Crippen molar-refractivity contribution in [3.8, 4) is 0 Å². The normalized spacial score (nSPS) is 11.6. The monoisotopic (exact) mass is 290 g/mol. The van der Waals surface area contributed by atoms with Gasteiger partial charge in [-0.05, 0) is 32.4 Å². The molecule has 0 aliphatic heterocycles. The summed E-state index contributed by atoms with van der Waals surface area (Å²) < 4.78 is 10.8. The van der Waals surface area contributed by atoms with Crippen LogP contribution in [0, 0.1) is 0 Å². The summed E-state index contributed by atoms with van der Waals surface area (Å²) >= 11 is 0. The minimum Gasteiger partial charge on any atom is -0.455 e. The van der Waals surface area contributed by atoms with E-state index in [2.05, 4.69) is 0 Å². The highest BCUT2D eigenvalue weighted by Gasteiger charge is 2.14. The smallest absolute Gasteiger partial charge is 0.313 e. The first-order valence-electron chi connectivity index (χ1n) is 6.93. The highest BCUT2D eigenvalue weighted by Crippen LogP contribution is 2.06. The van der Waals surface area contributed by atoms with Crippen molar-refractivity contribution >= 4 is 11.8 Å². The van der Waals surface area contributed by atoms with E-state index in [0.717, 1.165) is 11.1 Å². The number of carbonyl (C=O) groups excluding carboxylic acids is 2. The fourth-order valence-corrected chi connectivity index (χ4v) is 1.77. The molecule has 1 aromatic rings. The van der Waals surface area contributed by atoms with Crippen molar-refractivity contribution in [3.63, 3.8) is 0 Å². The van der Waals surface area contributed by atoms with Gasteiger partial charge < -0.3 is 9.47 Å². The number of rotatable bonds is 8. The summed E-state index contributed by atoms with van der Waals surface area (Å²) in [6.07, 6.45) is 1.15. The van der Waals surface area contributed by atoms with Crippen LogP contribution in [0.2, 0.25) is 0 Å². The van der Waals surface area contributed by atoms with Crippen LogP contribution in [0.3, 0.4) is 0 Å². The third-order valence-corrected chi connectivity index (χ3v) is 2.59. The molecule has 0 spiro atoms. The SMILES string of the molecule is CC(=O)CC(=O)OC(C=C(C)C)COCc1ccccc1. The second-order valence-corrected chi connectivity index (χ2v) is 5.15. The lowest BCUT2D eigenvalue weighted by molar-refractivity contribution is -0.151. The predicted molar refractivity (Wildman–Crippen MR) is 80.7 cm³/mol. The average molecular weight is 290 g/mol. The quantitative estimate of drug-likeness (QED) is 0.419. The van der Waals surface area contributed by atoms with Crippen molar-refractivity contribution in [2.75, 3.05) is 6.61 Å². The molecule has 21 heavy (non-hydrogen) atoms. The van der Waals surface area contributed by atoms with E-state index in [-0.39, 0.29) is 18.8 Å². The average Bonchev–Trinajstić information content (AvgIpc) is 2.38. The molecule has 0 amide bonds. The first kappa shape index (κ1) is 17.1. The summed E-state index contributed by atoms with van der Waals surface area (Å²) in [7, 11) is 0. The Balaban J connectivity index is 2.48. The summed E-state index contributed by atoms with van der Waals surface area (Å²) in [6, 6.07) is 9.77. The number of Topliss-reactive ketones (excluding diaryl/α,β-unsaturated/α-hetero) is 1. The lowest BCUT2D eigenvalue weighted by Crippen LogP contribution is -2.23.